The molecule has 4 rings (SSSR count). The largest absolute Gasteiger partial charge is 0.379 e. The van der Waals surface area contributed by atoms with E-state index in [9.17, 15) is 4.39 Å². The molecule has 3 saturated heterocycles. The smallest absolute Gasteiger partial charge is 0.193 e. The number of piperazine rings is 1. The van der Waals surface area contributed by atoms with Crippen LogP contribution in [0.25, 0.3) is 0 Å². The van der Waals surface area contributed by atoms with Gasteiger partial charge in [-0.15, -0.1) is 0 Å². The number of rotatable bonds is 7. The second-order valence-electron chi connectivity index (χ2n) is 8.91. The van der Waals surface area contributed by atoms with Gasteiger partial charge in [-0.2, -0.15) is 0 Å². The van der Waals surface area contributed by atoms with Crippen molar-refractivity contribution in [3.05, 3.63) is 30.1 Å². The zero-order valence-electron chi connectivity index (χ0n) is 19.5. The van der Waals surface area contributed by atoms with E-state index in [-0.39, 0.29) is 5.82 Å². The minimum atomic E-state index is -0.121. The van der Waals surface area contributed by atoms with E-state index < -0.39 is 0 Å². The molecule has 1 aromatic carbocycles. The molecule has 0 spiro atoms. The van der Waals surface area contributed by atoms with Crippen molar-refractivity contribution in [2.75, 3.05) is 90.1 Å². The number of likely N-dealkylation sites (tertiary alicyclic amines) is 1. The number of guanidine groups is 1. The molecular formula is C24H39FN6O. The number of nitrogens with zero attached hydrogens (tertiary/aromatic N) is 5. The van der Waals surface area contributed by atoms with E-state index >= 15 is 0 Å². The molecule has 0 bridgehead atoms. The fourth-order valence-electron chi connectivity index (χ4n) is 5.00. The van der Waals surface area contributed by atoms with Crippen LogP contribution in [-0.4, -0.2) is 112 Å². The number of anilines is 1. The summed E-state index contributed by atoms with van der Waals surface area (Å²) >= 11 is 0. The number of halogens is 1. The predicted molar refractivity (Wildman–Crippen MR) is 128 cm³/mol. The summed E-state index contributed by atoms with van der Waals surface area (Å²) in [5.41, 5.74) is 0.730. The molecule has 1 atom stereocenters. The Kier molecular flexibility index (Phi) is 8.59. The standard InChI is InChI=1S/C24H39FN6O/c1-2-26-24(31-11-8-21(20-31)29-16-18-32-19-17-29)27-9-5-10-28-12-14-30(15-13-28)23-7-4-3-6-22(23)25/h3-4,6-7,21H,2,5,8-20H2,1H3,(H,26,27). The molecule has 1 aromatic rings. The molecule has 0 aliphatic carbocycles. The van der Waals surface area contributed by atoms with Crippen molar-refractivity contribution in [3.8, 4) is 0 Å². The van der Waals surface area contributed by atoms with Crippen molar-refractivity contribution in [2.24, 2.45) is 4.99 Å². The second-order valence-corrected chi connectivity index (χ2v) is 8.91. The van der Waals surface area contributed by atoms with E-state index in [2.05, 4.69) is 31.8 Å². The summed E-state index contributed by atoms with van der Waals surface area (Å²) in [4.78, 5) is 14.6. The molecule has 0 saturated carbocycles. The van der Waals surface area contributed by atoms with Crippen LogP contribution in [0, 0.1) is 5.82 Å². The van der Waals surface area contributed by atoms with Gasteiger partial charge in [0.1, 0.15) is 5.82 Å². The topological polar surface area (TPSA) is 46.6 Å². The van der Waals surface area contributed by atoms with Crippen LogP contribution in [0.4, 0.5) is 10.1 Å². The van der Waals surface area contributed by atoms with E-state index in [1.54, 1.807) is 12.1 Å². The zero-order chi connectivity index (χ0) is 22.2. The SMILES string of the molecule is CCNC(=NCCCN1CCN(c2ccccc2F)CC1)N1CCC(N2CCOCC2)C1. The lowest BCUT2D eigenvalue weighted by molar-refractivity contribution is 0.0195. The normalized spacial score (nSPS) is 23.7. The first-order valence-corrected chi connectivity index (χ1v) is 12.3. The lowest BCUT2D eigenvalue weighted by Gasteiger charge is -2.36. The van der Waals surface area contributed by atoms with Gasteiger partial charge in [0.25, 0.3) is 0 Å². The van der Waals surface area contributed by atoms with Gasteiger partial charge in [0.05, 0.1) is 18.9 Å². The Labute approximate surface area is 192 Å². The first-order chi connectivity index (χ1) is 15.7. The summed E-state index contributed by atoms with van der Waals surface area (Å²) < 4.78 is 19.5. The number of para-hydroxylation sites is 1. The highest BCUT2D eigenvalue weighted by Gasteiger charge is 2.30. The van der Waals surface area contributed by atoms with Crippen LogP contribution in [-0.2, 0) is 4.74 Å². The molecule has 178 valence electrons. The van der Waals surface area contributed by atoms with Gasteiger partial charge in [0.15, 0.2) is 5.96 Å². The van der Waals surface area contributed by atoms with Crippen LogP contribution in [0.1, 0.15) is 19.8 Å². The van der Waals surface area contributed by atoms with Crippen molar-refractivity contribution in [1.29, 1.82) is 0 Å². The highest BCUT2D eigenvalue weighted by molar-refractivity contribution is 5.80. The van der Waals surface area contributed by atoms with E-state index in [1.165, 1.54) is 6.42 Å². The summed E-state index contributed by atoms with van der Waals surface area (Å²) in [7, 11) is 0. The highest BCUT2D eigenvalue weighted by atomic mass is 19.1. The van der Waals surface area contributed by atoms with Gasteiger partial charge < -0.3 is 19.9 Å². The number of benzene rings is 1. The third-order valence-corrected chi connectivity index (χ3v) is 6.82. The van der Waals surface area contributed by atoms with Crippen LogP contribution in [0.5, 0.6) is 0 Å². The summed E-state index contributed by atoms with van der Waals surface area (Å²) in [6.45, 7) is 14.6. The molecule has 8 heteroatoms. The second kappa shape index (κ2) is 11.8. The van der Waals surface area contributed by atoms with Gasteiger partial charge in [-0.25, -0.2) is 4.39 Å². The Hall–Kier alpha value is -1.90. The molecule has 3 aliphatic rings. The van der Waals surface area contributed by atoms with Crippen LogP contribution in [0.3, 0.4) is 0 Å². The Morgan fingerprint density at radius 1 is 1.09 bits per heavy atom. The number of hydrogen-bond acceptors (Lipinski definition) is 5. The maximum atomic E-state index is 14.0. The molecule has 32 heavy (non-hydrogen) atoms. The van der Waals surface area contributed by atoms with E-state index in [0.717, 1.165) is 103 Å². The van der Waals surface area contributed by atoms with E-state index in [0.29, 0.717) is 6.04 Å². The third-order valence-electron chi connectivity index (χ3n) is 6.82. The summed E-state index contributed by atoms with van der Waals surface area (Å²) in [6, 6.07) is 7.71. The summed E-state index contributed by atoms with van der Waals surface area (Å²) in [5.74, 6) is 0.941. The van der Waals surface area contributed by atoms with Crippen molar-refractivity contribution in [1.82, 2.24) is 20.0 Å². The Bertz CT molecular complexity index is 733. The van der Waals surface area contributed by atoms with Gasteiger partial charge in [0, 0.05) is 78.0 Å². The molecule has 0 radical (unpaired) electrons. The van der Waals surface area contributed by atoms with Gasteiger partial charge >= 0.3 is 0 Å². The first kappa shape index (κ1) is 23.3. The van der Waals surface area contributed by atoms with Crippen LogP contribution in [0.15, 0.2) is 29.3 Å². The fourth-order valence-corrected chi connectivity index (χ4v) is 5.00. The minimum Gasteiger partial charge on any atom is -0.379 e. The lowest BCUT2D eigenvalue weighted by atomic mass is 10.2. The number of hydrogen-bond donors (Lipinski definition) is 1. The number of nitrogens with one attached hydrogen (secondary N) is 1. The van der Waals surface area contributed by atoms with Gasteiger partial charge in [-0.1, -0.05) is 12.1 Å². The predicted octanol–water partition coefficient (Wildman–Crippen LogP) is 1.71. The maximum absolute atomic E-state index is 14.0. The van der Waals surface area contributed by atoms with E-state index in [4.69, 9.17) is 9.73 Å². The molecule has 0 aromatic heterocycles. The summed E-state index contributed by atoms with van der Waals surface area (Å²) in [5, 5.41) is 3.49. The monoisotopic (exact) mass is 446 g/mol. The van der Waals surface area contributed by atoms with Crippen LogP contribution in [0.2, 0.25) is 0 Å². The molecule has 7 nitrogen and oxygen atoms in total. The Balaban J connectivity index is 1.19. The molecular weight excluding hydrogens is 407 g/mol. The Morgan fingerprint density at radius 2 is 1.88 bits per heavy atom. The van der Waals surface area contributed by atoms with Crippen molar-refractivity contribution >= 4 is 11.6 Å². The molecule has 3 aliphatic heterocycles. The zero-order valence-corrected chi connectivity index (χ0v) is 19.5. The molecule has 3 fully saturated rings. The maximum Gasteiger partial charge on any atom is 0.193 e. The number of ether oxygens (including phenoxy) is 1. The summed E-state index contributed by atoms with van der Waals surface area (Å²) in [6.07, 6.45) is 2.26. The molecule has 1 unspecified atom stereocenters. The van der Waals surface area contributed by atoms with Crippen LogP contribution >= 0.6 is 0 Å². The van der Waals surface area contributed by atoms with Gasteiger partial charge in [-0.3, -0.25) is 14.8 Å². The highest BCUT2D eigenvalue weighted by Crippen LogP contribution is 2.20. The quantitative estimate of drug-likeness (QED) is 0.391. The van der Waals surface area contributed by atoms with Crippen molar-refractivity contribution in [2.45, 2.75) is 25.8 Å². The van der Waals surface area contributed by atoms with E-state index in [1.807, 2.05) is 12.1 Å². The third kappa shape index (κ3) is 6.11. The number of morpholine rings is 1. The van der Waals surface area contributed by atoms with Gasteiger partial charge in [0.2, 0.25) is 0 Å². The van der Waals surface area contributed by atoms with Crippen LogP contribution < -0.4 is 10.2 Å². The first-order valence-electron chi connectivity index (χ1n) is 12.3. The lowest BCUT2D eigenvalue weighted by Crippen LogP contribution is -2.47. The minimum absolute atomic E-state index is 0.121. The fraction of sp³-hybridized carbons (Fsp3) is 0.708. The van der Waals surface area contributed by atoms with Crippen molar-refractivity contribution < 1.29 is 9.13 Å². The average molecular weight is 447 g/mol. The molecule has 1 N–H and O–H groups in total. The average Bonchev–Trinajstić information content (AvgIpc) is 3.33. The van der Waals surface area contributed by atoms with Crippen molar-refractivity contribution in [3.63, 3.8) is 0 Å². The number of aliphatic imine (C=N–C) groups is 1. The molecule has 0 amide bonds. The molecule has 3 heterocycles. The Morgan fingerprint density at radius 3 is 2.62 bits per heavy atom. The van der Waals surface area contributed by atoms with Gasteiger partial charge in [-0.05, 0) is 31.9 Å².